The Morgan fingerprint density at radius 1 is 0.828 bits per heavy atom. The standard InChI is InChI=1S/C23H24N2O3S/c26-22(10-12-24-23(27)21-11-13-29-17-21)25-14-18-6-8-20(9-7-18)16-28-15-19-4-2-1-3-5-19/h1-9,11,13,17H,10,12,14-16H2,(H,24,27)(H,25,26). The van der Waals surface area contributed by atoms with Crippen LogP contribution >= 0.6 is 11.3 Å². The Hall–Kier alpha value is -2.96. The molecule has 3 rings (SSSR count). The number of carbonyl (C=O) groups excluding carboxylic acids is 2. The van der Waals surface area contributed by atoms with E-state index in [0.717, 1.165) is 16.7 Å². The average molecular weight is 409 g/mol. The fourth-order valence-corrected chi connectivity index (χ4v) is 3.32. The van der Waals surface area contributed by atoms with E-state index in [9.17, 15) is 9.59 Å². The van der Waals surface area contributed by atoms with Gasteiger partial charge in [-0.05, 0) is 28.1 Å². The van der Waals surface area contributed by atoms with Crippen molar-refractivity contribution in [1.29, 1.82) is 0 Å². The third-order valence-corrected chi connectivity index (χ3v) is 5.00. The molecule has 6 heteroatoms. The number of ether oxygens (including phenoxy) is 1. The first-order valence-corrected chi connectivity index (χ1v) is 10.4. The maximum Gasteiger partial charge on any atom is 0.252 e. The highest BCUT2D eigenvalue weighted by molar-refractivity contribution is 7.08. The van der Waals surface area contributed by atoms with Crippen LogP contribution in [0.25, 0.3) is 0 Å². The van der Waals surface area contributed by atoms with E-state index in [1.807, 2.05) is 60.0 Å². The van der Waals surface area contributed by atoms with Crippen molar-refractivity contribution in [2.75, 3.05) is 6.54 Å². The van der Waals surface area contributed by atoms with Gasteiger partial charge in [0.1, 0.15) is 0 Å². The summed E-state index contributed by atoms with van der Waals surface area (Å²) in [6, 6.07) is 19.8. The Kier molecular flexibility index (Phi) is 7.98. The second-order valence-corrected chi connectivity index (χ2v) is 7.37. The van der Waals surface area contributed by atoms with E-state index in [-0.39, 0.29) is 18.2 Å². The molecule has 0 spiro atoms. The Morgan fingerprint density at radius 3 is 2.21 bits per heavy atom. The van der Waals surface area contributed by atoms with Crippen molar-refractivity contribution in [2.45, 2.75) is 26.2 Å². The topological polar surface area (TPSA) is 67.4 Å². The summed E-state index contributed by atoms with van der Waals surface area (Å²) in [6.07, 6.45) is 0.251. The van der Waals surface area contributed by atoms with Crippen LogP contribution in [0.5, 0.6) is 0 Å². The summed E-state index contributed by atoms with van der Waals surface area (Å²) in [6.45, 7) is 1.91. The van der Waals surface area contributed by atoms with E-state index in [1.54, 1.807) is 11.4 Å². The molecule has 0 aliphatic rings. The molecule has 0 unspecified atom stereocenters. The molecule has 0 fully saturated rings. The summed E-state index contributed by atoms with van der Waals surface area (Å²) >= 11 is 1.47. The van der Waals surface area contributed by atoms with Crippen LogP contribution in [0.3, 0.4) is 0 Å². The lowest BCUT2D eigenvalue weighted by Gasteiger charge is -2.08. The normalized spacial score (nSPS) is 10.5. The van der Waals surface area contributed by atoms with Gasteiger partial charge in [0, 0.05) is 30.5 Å². The molecule has 0 saturated heterocycles. The minimum Gasteiger partial charge on any atom is -0.372 e. The van der Waals surface area contributed by atoms with Crippen LogP contribution in [0.2, 0.25) is 0 Å². The summed E-state index contributed by atoms with van der Waals surface area (Å²) in [5.41, 5.74) is 3.89. The van der Waals surface area contributed by atoms with Crippen molar-refractivity contribution in [3.63, 3.8) is 0 Å². The lowest BCUT2D eigenvalue weighted by molar-refractivity contribution is -0.121. The van der Waals surface area contributed by atoms with Crippen molar-refractivity contribution in [2.24, 2.45) is 0 Å². The van der Waals surface area contributed by atoms with E-state index in [0.29, 0.717) is 31.9 Å². The molecule has 2 N–H and O–H groups in total. The number of nitrogens with one attached hydrogen (secondary N) is 2. The van der Waals surface area contributed by atoms with E-state index in [2.05, 4.69) is 10.6 Å². The Bertz CT molecular complexity index is 894. The van der Waals surface area contributed by atoms with Gasteiger partial charge in [0.25, 0.3) is 5.91 Å². The summed E-state index contributed by atoms with van der Waals surface area (Å²) in [4.78, 5) is 23.8. The van der Waals surface area contributed by atoms with Crippen molar-refractivity contribution in [1.82, 2.24) is 10.6 Å². The summed E-state index contributed by atoms with van der Waals surface area (Å²) in [5.74, 6) is -0.241. The first-order valence-electron chi connectivity index (χ1n) is 9.47. The fraction of sp³-hybridized carbons (Fsp3) is 0.217. The molecule has 3 aromatic rings. The third kappa shape index (κ3) is 7.18. The van der Waals surface area contributed by atoms with Crippen LogP contribution in [0.4, 0.5) is 0 Å². The van der Waals surface area contributed by atoms with Crippen LogP contribution in [0.15, 0.2) is 71.4 Å². The number of carbonyl (C=O) groups is 2. The average Bonchev–Trinajstić information content (AvgIpc) is 3.29. The molecule has 5 nitrogen and oxygen atoms in total. The Labute approximate surface area is 174 Å². The van der Waals surface area contributed by atoms with Gasteiger partial charge in [-0.2, -0.15) is 11.3 Å². The molecular weight excluding hydrogens is 384 g/mol. The highest BCUT2D eigenvalue weighted by atomic mass is 32.1. The predicted molar refractivity (Wildman–Crippen MR) is 114 cm³/mol. The zero-order valence-electron chi connectivity index (χ0n) is 16.1. The first-order chi connectivity index (χ1) is 14.2. The molecule has 2 aromatic carbocycles. The van der Waals surface area contributed by atoms with Crippen LogP contribution in [0, 0.1) is 0 Å². The smallest absolute Gasteiger partial charge is 0.252 e. The molecule has 0 radical (unpaired) electrons. The molecule has 0 atom stereocenters. The Morgan fingerprint density at radius 2 is 1.52 bits per heavy atom. The molecular formula is C23H24N2O3S. The molecule has 0 bridgehead atoms. The van der Waals surface area contributed by atoms with Gasteiger partial charge in [-0.3, -0.25) is 9.59 Å². The molecule has 2 amide bonds. The zero-order valence-corrected chi connectivity index (χ0v) is 16.9. The fourth-order valence-electron chi connectivity index (χ4n) is 2.69. The molecule has 29 heavy (non-hydrogen) atoms. The minimum absolute atomic E-state index is 0.0918. The van der Waals surface area contributed by atoms with Crippen molar-refractivity contribution < 1.29 is 14.3 Å². The number of hydrogen-bond donors (Lipinski definition) is 2. The molecule has 0 aliphatic carbocycles. The van der Waals surface area contributed by atoms with Gasteiger partial charge in [-0.1, -0.05) is 54.6 Å². The van der Waals surface area contributed by atoms with E-state index < -0.39 is 0 Å². The van der Waals surface area contributed by atoms with Crippen LogP contribution in [-0.4, -0.2) is 18.4 Å². The molecule has 1 heterocycles. The first kappa shape index (κ1) is 20.8. The van der Waals surface area contributed by atoms with Crippen LogP contribution in [-0.2, 0) is 29.3 Å². The maximum atomic E-state index is 11.9. The summed E-state index contributed by atoms with van der Waals surface area (Å²) < 4.78 is 5.73. The van der Waals surface area contributed by atoms with Gasteiger partial charge in [0.05, 0.1) is 13.2 Å². The lowest BCUT2D eigenvalue weighted by atomic mass is 10.1. The molecule has 1 aromatic heterocycles. The highest BCUT2D eigenvalue weighted by Crippen LogP contribution is 2.08. The van der Waals surface area contributed by atoms with E-state index >= 15 is 0 Å². The largest absolute Gasteiger partial charge is 0.372 e. The molecule has 0 saturated carbocycles. The van der Waals surface area contributed by atoms with Crippen LogP contribution < -0.4 is 10.6 Å². The SMILES string of the molecule is O=C(CCNC(=O)c1ccsc1)NCc1ccc(COCc2ccccc2)cc1. The third-order valence-electron chi connectivity index (χ3n) is 4.31. The molecule has 150 valence electrons. The van der Waals surface area contributed by atoms with Crippen molar-refractivity contribution >= 4 is 23.2 Å². The van der Waals surface area contributed by atoms with Gasteiger partial charge in [0.15, 0.2) is 0 Å². The monoisotopic (exact) mass is 408 g/mol. The van der Waals surface area contributed by atoms with Crippen LogP contribution in [0.1, 0.15) is 33.5 Å². The van der Waals surface area contributed by atoms with Gasteiger partial charge < -0.3 is 15.4 Å². The van der Waals surface area contributed by atoms with Gasteiger partial charge >= 0.3 is 0 Å². The number of benzene rings is 2. The zero-order chi connectivity index (χ0) is 20.3. The molecule has 0 aliphatic heterocycles. The summed E-state index contributed by atoms with van der Waals surface area (Å²) in [5, 5.41) is 9.25. The van der Waals surface area contributed by atoms with E-state index in [1.165, 1.54) is 11.3 Å². The van der Waals surface area contributed by atoms with Gasteiger partial charge in [-0.15, -0.1) is 0 Å². The number of thiophene rings is 1. The number of amides is 2. The van der Waals surface area contributed by atoms with E-state index in [4.69, 9.17) is 4.74 Å². The maximum absolute atomic E-state index is 11.9. The number of hydrogen-bond acceptors (Lipinski definition) is 4. The van der Waals surface area contributed by atoms with Gasteiger partial charge in [0.2, 0.25) is 5.91 Å². The summed E-state index contributed by atoms with van der Waals surface area (Å²) in [7, 11) is 0. The lowest BCUT2D eigenvalue weighted by Crippen LogP contribution is -2.30. The van der Waals surface area contributed by atoms with Crippen molar-refractivity contribution in [3.05, 3.63) is 93.7 Å². The van der Waals surface area contributed by atoms with Gasteiger partial charge in [-0.25, -0.2) is 0 Å². The highest BCUT2D eigenvalue weighted by Gasteiger charge is 2.07. The minimum atomic E-state index is -0.149. The Balaban J connectivity index is 1.32. The second-order valence-electron chi connectivity index (χ2n) is 6.59. The quantitative estimate of drug-likeness (QED) is 0.535. The van der Waals surface area contributed by atoms with Crippen molar-refractivity contribution in [3.8, 4) is 0 Å². The predicted octanol–water partition coefficient (Wildman–Crippen LogP) is 3.90. The second kappa shape index (κ2) is 11.1. The number of rotatable bonds is 10.